The molecule has 1 saturated carbocycles. The molecule has 32 heavy (non-hydrogen) atoms. The molecule has 1 aromatic carbocycles. The van der Waals surface area contributed by atoms with Gasteiger partial charge in [0.15, 0.2) is 6.29 Å². The quantitative estimate of drug-likeness (QED) is 0.495. The topological polar surface area (TPSA) is 46.2 Å². The van der Waals surface area contributed by atoms with E-state index in [2.05, 4.69) is 53.7 Å². The Morgan fingerprint density at radius 3 is 2.22 bits per heavy atom. The van der Waals surface area contributed by atoms with Crippen molar-refractivity contribution in [2.24, 2.45) is 0 Å². The molecule has 2 saturated heterocycles. The maximum absolute atomic E-state index is 7.03. The fourth-order valence-corrected chi connectivity index (χ4v) is 10.7. The van der Waals surface area contributed by atoms with Crippen molar-refractivity contribution >= 4 is 8.56 Å². The lowest BCUT2D eigenvalue weighted by Crippen LogP contribution is -2.65. The van der Waals surface area contributed by atoms with Gasteiger partial charge in [-0.3, -0.25) is 0 Å². The largest absolute Gasteiger partial charge is 0.391 e. The minimum Gasteiger partial charge on any atom is -0.391 e. The van der Waals surface area contributed by atoms with Crippen LogP contribution >= 0.6 is 0 Å². The van der Waals surface area contributed by atoms with Gasteiger partial charge in [-0.15, -0.1) is 0 Å². The highest BCUT2D eigenvalue weighted by Gasteiger charge is 2.65. The Bertz CT molecular complexity index is 721. The molecular weight excluding hydrogens is 420 g/mol. The fraction of sp³-hybridized carbons (Fsp3) is 0.769. The van der Waals surface area contributed by atoms with Gasteiger partial charge in [-0.25, -0.2) is 0 Å². The molecule has 6 heteroatoms. The minimum atomic E-state index is -2.62. The summed E-state index contributed by atoms with van der Waals surface area (Å²) < 4.78 is 33.1. The van der Waals surface area contributed by atoms with Gasteiger partial charge in [0.05, 0.1) is 19.3 Å². The van der Waals surface area contributed by atoms with Gasteiger partial charge in [0, 0.05) is 10.1 Å². The predicted octanol–water partition coefficient (Wildman–Crippen LogP) is 6.10. The Hall–Kier alpha value is -0.763. The van der Waals surface area contributed by atoms with Crippen molar-refractivity contribution in [1.29, 1.82) is 0 Å². The van der Waals surface area contributed by atoms with Gasteiger partial charge in [0.2, 0.25) is 0 Å². The highest BCUT2D eigenvalue weighted by Crippen LogP contribution is 2.55. The standard InChI is InChI=1S/C26H42O5Si/c1-25(2,3)32(26(4,5)6)28-18-21-22(31-32)23(27-17-19-13-9-7-10-14-19)24(30-21)29-20-15-11-8-12-16-20/h7,9-10,13-14,20-24H,8,11-12,15-18H2,1-6H3/t21-,22-,23+,24-/m1/s1. The maximum atomic E-state index is 7.03. The van der Waals surface area contributed by atoms with Crippen LogP contribution in [0, 0.1) is 0 Å². The Labute approximate surface area is 195 Å². The smallest absolute Gasteiger partial charge is 0.349 e. The van der Waals surface area contributed by atoms with E-state index < -0.39 is 14.9 Å². The average Bonchev–Trinajstić information content (AvgIpc) is 3.08. The van der Waals surface area contributed by atoms with Gasteiger partial charge in [0.25, 0.3) is 0 Å². The molecular formula is C26H42O5Si. The van der Waals surface area contributed by atoms with Crippen LogP contribution < -0.4 is 0 Å². The summed E-state index contributed by atoms with van der Waals surface area (Å²) >= 11 is 0. The van der Waals surface area contributed by atoms with Crippen molar-refractivity contribution in [3.05, 3.63) is 35.9 Å². The van der Waals surface area contributed by atoms with E-state index in [0.29, 0.717) is 13.2 Å². The van der Waals surface area contributed by atoms with E-state index in [-0.39, 0.29) is 34.5 Å². The molecule has 0 radical (unpaired) electrons. The SMILES string of the molecule is CC(C)(C)[Si]1(C(C)(C)C)OC[C@H]2O[C@@H](OC3CCCCC3)[C@@H](OCc3ccccc3)[C@@H]2O1. The third kappa shape index (κ3) is 4.86. The van der Waals surface area contributed by atoms with Crippen LogP contribution in [-0.2, 0) is 29.7 Å². The second-order valence-electron chi connectivity index (χ2n) is 11.7. The summed E-state index contributed by atoms with van der Waals surface area (Å²) in [7, 11) is -2.62. The number of hydrogen-bond acceptors (Lipinski definition) is 5. The molecule has 3 aliphatic rings. The minimum absolute atomic E-state index is 0.0808. The molecule has 0 N–H and O–H groups in total. The number of rotatable bonds is 5. The summed E-state index contributed by atoms with van der Waals surface area (Å²) in [6, 6.07) is 10.3. The average molecular weight is 463 g/mol. The van der Waals surface area contributed by atoms with Gasteiger partial charge in [-0.2, -0.15) is 0 Å². The summed E-state index contributed by atoms with van der Waals surface area (Å²) in [4.78, 5) is 0. The zero-order valence-electron chi connectivity index (χ0n) is 20.8. The van der Waals surface area contributed by atoms with E-state index in [1.54, 1.807) is 0 Å². The number of ether oxygens (including phenoxy) is 3. The van der Waals surface area contributed by atoms with Crippen LogP contribution in [0.5, 0.6) is 0 Å². The summed E-state index contributed by atoms with van der Waals surface area (Å²) in [6.45, 7) is 14.5. The zero-order chi connectivity index (χ0) is 23.0. The zero-order valence-corrected chi connectivity index (χ0v) is 21.8. The fourth-order valence-electron chi connectivity index (χ4n) is 5.75. The lowest BCUT2D eigenvalue weighted by molar-refractivity contribution is -0.207. The molecule has 2 aliphatic heterocycles. The van der Waals surface area contributed by atoms with E-state index >= 15 is 0 Å². The van der Waals surface area contributed by atoms with Gasteiger partial charge in [0.1, 0.15) is 18.3 Å². The van der Waals surface area contributed by atoms with Crippen molar-refractivity contribution in [1.82, 2.24) is 0 Å². The highest BCUT2D eigenvalue weighted by atomic mass is 28.4. The maximum Gasteiger partial charge on any atom is 0.349 e. The first kappa shape index (κ1) is 24.4. The summed E-state index contributed by atoms with van der Waals surface area (Å²) in [5.41, 5.74) is 1.15. The molecule has 0 aromatic heterocycles. The molecule has 0 amide bonds. The van der Waals surface area contributed by atoms with E-state index in [9.17, 15) is 0 Å². The third-order valence-corrected chi connectivity index (χ3v) is 12.3. The van der Waals surface area contributed by atoms with Crippen LogP contribution in [0.2, 0.25) is 10.1 Å². The normalized spacial score (nSPS) is 31.4. The number of fused-ring (bicyclic) bond motifs is 1. The second-order valence-corrected chi connectivity index (χ2v) is 16.5. The Balaban J connectivity index is 1.57. The molecule has 0 bridgehead atoms. The molecule has 5 nitrogen and oxygen atoms in total. The van der Waals surface area contributed by atoms with E-state index in [4.69, 9.17) is 23.1 Å². The number of hydrogen-bond donors (Lipinski definition) is 0. The Morgan fingerprint density at radius 2 is 1.59 bits per heavy atom. The highest BCUT2D eigenvalue weighted by molar-refractivity contribution is 6.73. The Kier molecular flexibility index (Phi) is 7.21. The molecule has 0 spiro atoms. The molecule has 4 atom stereocenters. The van der Waals surface area contributed by atoms with Gasteiger partial charge in [-0.05, 0) is 18.4 Å². The van der Waals surface area contributed by atoms with Crippen molar-refractivity contribution in [2.45, 2.75) is 121 Å². The molecule has 1 aliphatic carbocycles. The van der Waals surface area contributed by atoms with Gasteiger partial charge < -0.3 is 23.1 Å². The lowest BCUT2D eigenvalue weighted by Gasteiger charge is -2.53. The van der Waals surface area contributed by atoms with Gasteiger partial charge >= 0.3 is 8.56 Å². The second kappa shape index (κ2) is 9.47. The van der Waals surface area contributed by atoms with Gasteiger partial charge in [-0.1, -0.05) is 91.1 Å². The first-order chi connectivity index (χ1) is 15.1. The van der Waals surface area contributed by atoms with Crippen molar-refractivity contribution in [2.75, 3.05) is 6.61 Å². The van der Waals surface area contributed by atoms with Crippen LogP contribution in [0.1, 0.15) is 79.2 Å². The van der Waals surface area contributed by atoms with Crippen molar-refractivity contribution < 1.29 is 23.1 Å². The summed E-state index contributed by atoms with van der Waals surface area (Å²) in [5, 5.41) is -0.162. The first-order valence-electron chi connectivity index (χ1n) is 12.4. The van der Waals surface area contributed by atoms with E-state index in [0.717, 1.165) is 18.4 Å². The molecule has 3 fully saturated rings. The van der Waals surface area contributed by atoms with Crippen LogP contribution in [-0.4, -0.2) is 45.9 Å². The summed E-state index contributed by atoms with van der Waals surface area (Å²) in [5.74, 6) is 0. The lowest BCUT2D eigenvalue weighted by atomic mass is 9.98. The van der Waals surface area contributed by atoms with E-state index in [1.807, 2.05) is 18.2 Å². The van der Waals surface area contributed by atoms with Crippen LogP contribution in [0.4, 0.5) is 0 Å². The molecule has 4 rings (SSSR count). The van der Waals surface area contributed by atoms with Crippen LogP contribution in [0.3, 0.4) is 0 Å². The number of benzene rings is 1. The van der Waals surface area contributed by atoms with Crippen LogP contribution in [0.25, 0.3) is 0 Å². The molecule has 2 heterocycles. The first-order valence-corrected chi connectivity index (χ1v) is 14.2. The third-order valence-electron chi connectivity index (χ3n) is 7.16. The van der Waals surface area contributed by atoms with Crippen LogP contribution in [0.15, 0.2) is 30.3 Å². The Morgan fingerprint density at radius 1 is 0.938 bits per heavy atom. The predicted molar refractivity (Wildman–Crippen MR) is 128 cm³/mol. The van der Waals surface area contributed by atoms with Crippen molar-refractivity contribution in [3.8, 4) is 0 Å². The van der Waals surface area contributed by atoms with E-state index in [1.165, 1.54) is 19.3 Å². The molecule has 1 aromatic rings. The van der Waals surface area contributed by atoms with Crippen molar-refractivity contribution in [3.63, 3.8) is 0 Å². The molecule has 0 unspecified atom stereocenters. The monoisotopic (exact) mass is 462 g/mol. The summed E-state index contributed by atoms with van der Waals surface area (Å²) in [6.07, 6.45) is 5.18. The molecule has 180 valence electrons.